The second-order valence-electron chi connectivity index (χ2n) is 3.36. The maximum absolute atomic E-state index is 12.9. The molecular weight excluding hydrogens is 181 g/mol. The van der Waals surface area contributed by atoms with Crippen LogP contribution >= 0.6 is 0 Å². The molecule has 0 fully saturated rings. The summed E-state index contributed by atoms with van der Waals surface area (Å²) in [7, 11) is 1.55. The number of hydrogen-bond donors (Lipinski definition) is 1. The summed E-state index contributed by atoms with van der Waals surface area (Å²) in [6, 6.07) is 4.61. The molecular formula is C11H16FNO. The Morgan fingerprint density at radius 2 is 2.21 bits per heavy atom. The Balaban J connectivity index is 2.95. The molecule has 0 bridgehead atoms. The fourth-order valence-corrected chi connectivity index (χ4v) is 1.50. The molecule has 0 radical (unpaired) electrons. The van der Waals surface area contributed by atoms with Gasteiger partial charge in [-0.15, -0.1) is 0 Å². The average Bonchev–Trinajstić information content (AvgIpc) is 2.17. The van der Waals surface area contributed by atoms with E-state index in [2.05, 4.69) is 6.92 Å². The van der Waals surface area contributed by atoms with E-state index in [1.54, 1.807) is 13.2 Å². The van der Waals surface area contributed by atoms with Gasteiger partial charge in [0, 0.05) is 6.07 Å². The van der Waals surface area contributed by atoms with E-state index in [0.717, 1.165) is 12.0 Å². The quantitative estimate of drug-likeness (QED) is 0.803. The minimum atomic E-state index is -0.273. The van der Waals surface area contributed by atoms with Crippen LogP contribution in [0.25, 0.3) is 0 Å². The maximum atomic E-state index is 12.9. The van der Waals surface area contributed by atoms with E-state index in [1.165, 1.54) is 12.1 Å². The molecule has 0 spiro atoms. The number of halogens is 1. The highest BCUT2D eigenvalue weighted by atomic mass is 19.1. The van der Waals surface area contributed by atoms with Gasteiger partial charge in [-0.2, -0.15) is 0 Å². The van der Waals surface area contributed by atoms with Gasteiger partial charge in [0.25, 0.3) is 0 Å². The molecule has 0 aliphatic heterocycles. The number of benzene rings is 1. The predicted octanol–water partition coefficient (Wildman–Crippen LogP) is 2.29. The van der Waals surface area contributed by atoms with E-state index in [0.29, 0.717) is 18.2 Å². The second kappa shape index (κ2) is 4.96. The van der Waals surface area contributed by atoms with Crippen LogP contribution in [0, 0.1) is 5.82 Å². The molecule has 14 heavy (non-hydrogen) atoms. The largest absolute Gasteiger partial charge is 0.496 e. The van der Waals surface area contributed by atoms with Crippen LogP contribution in [0.4, 0.5) is 4.39 Å². The zero-order valence-corrected chi connectivity index (χ0v) is 8.59. The lowest BCUT2D eigenvalue weighted by Gasteiger charge is -2.14. The van der Waals surface area contributed by atoms with Crippen LogP contribution in [0.1, 0.15) is 24.8 Å². The smallest absolute Gasteiger partial charge is 0.126 e. The van der Waals surface area contributed by atoms with Crippen molar-refractivity contribution in [3.8, 4) is 5.75 Å². The van der Waals surface area contributed by atoms with E-state index < -0.39 is 0 Å². The minimum Gasteiger partial charge on any atom is -0.496 e. The van der Waals surface area contributed by atoms with Crippen molar-refractivity contribution in [3.05, 3.63) is 29.6 Å². The Hall–Kier alpha value is -1.09. The molecule has 1 rings (SSSR count). The Labute approximate surface area is 83.9 Å². The maximum Gasteiger partial charge on any atom is 0.126 e. The molecule has 2 N–H and O–H groups in total. The minimum absolute atomic E-state index is 0.273. The lowest BCUT2D eigenvalue weighted by atomic mass is 9.97. The molecule has 1 aromatic rings. The Kier molecular flexibility index (Phi) is 3.89. The highest BCUT2D eigenvalue weighted by molar-refractivity contribution is 5.36. The summed E-state index contributed by atoms with van der Waals surface area (Å²) < 4.78 is 18.0. The van der Waals surface area contributed by atoms with E-state index in [1.807, 2.05) is 0 Å². The van der Waals surface area contributed by atoms with Crippen molar-refractivity contribution in [1.29, 1.82) is 0 Å². The zero-order chi connectivity index (χ0) is 10.6. The summed E-state index contributed by atoms with van der Waals surface area (Å²) in [6.45, 7) is 2.68. The van der Waals surface area contributed by atoms with Crippen LogP contribution in [-0.4, -0.2) is 13.7 Å². The van der Waals surface area contributed by atoms with Crippen LogP contribution < -0.4 is 10.5 Å². The molecule has 0 aliphatic rings. The van der Waals surface area contributed by atoms with Gasteiger partial charge in [0.2, 0.25) is 0 Å². The summed E-state index contributed by atoms with van der Waals surface area (Å²) in [4.78, 5) is 0. The molecule has 0 aliphatic carbocycles. The van der Waals surface area contributed by atoms with Crippen molar-refractivity contribution < 1.29 is 9.13 Å². The van der Waals surface area contributed by atoms with Crippen molar-refractivity contribution >= 4 is 0 Å². The lowest BCUT2D eigenvalue weighted by Crippen LogP contribution is -2.06. The summed E-state index contributed by atoms with van der Waals surface area (Å²) in [5, 5.41) is 0. The van der Waals surface area contributed by atoms with Crippen molar-refractivity contribution in [2.24, 2.45) is 5.73 Å². The third kappa shape index (κ3) is 2.45. The number of rotatable bonds is 4. The molecule has 1 unspecified atom stereocenters. The van der Waals surface area contributed by atoms with Crippen molar-refractivity contribution in [2.45, 2.75) is 19.3 Å². The zero-order valence-electron chi connectivity index (χ0n) is 8.59. The van der Waals surface area contributed by atoms with Gasteiger partial charge in [-0.25, -0.2) is 4.39 Å². The van der Waals surface area contributed by atoms with Gasteiger partial charge in [0.15, 0.2) is 0 Å². The molecule has 0 aromatic heterocycles. The molecule has 1 aromatic carbocycles. The van der Waals surface area contributed by atoms with Gasteiger partial charge < -0.3 is 10.5 Å². The molecule has 0 heterocycles. The van der Waals surface area contributed by atoms with Gasteiger partial charge >= 0.3 is 0 Å². The van der Waals surface area contributed by atoms with Crippen molar-refractivity contribution in [2.75, 3.05) is 13.7 Å². The van der Waals surface area contributed by atoms with Gasteiger partial charge in [-0.1, -0.05) is 13.0 Å². The summed E-state index contributed by atoms with van der Waals surface area (Å²) in [6.07, 6.45) is 0.877. The van der Waals surface area contributed by atoms with Crippen LogP contribution in [0.2, 0.25) is 0 Å². The molecule has 78 valence electrons. The number of hydrogen-bond acceptors (Lipinski definition) is 2. The van der Waals surface area contributed by atoms with Gasteiger partial charge in [0.05, 0.1) is 7.11 Å². The van der Waals surface area contributed by atoms with E-state index in [-0.39, 0.29) is 5.82 Å². The summed E-state index contributed by atoms with van der Waals surface area (Å²) >= 11 is 0. The number of nitrogens with two attached hydrogens (primary N) is 1. The SMILES string of the molecule is COc1cc(F)ccc1C(C)CCN. The van der Waals surface area contributed by atoms with Crippen LogP contribution in [0.5, 0.6) is 5.75 Å². The molecule has 0 saturated heterocycles. The fraction of sp³-hybridized carbons (Fsp3) is 0.455. The Morgan fingerprint density at radius 3 is 2.79 bits per heavy atom. The summed E-state index contributed by atoms with van der Waals surface area (Å²) in [5.41, 5.74) is 6.49. The number of methoxy groups -OCH3 is 1. The van der Waals surface area contributed by atoms with Crippen LogP contribution in [0.3, 0.4) is 0 Å². The van der Waals surface area contributed by atoms with Gasteiger partial charge in [-0.3, -0.25) is 0 Å². The second-order valence-corrected chi connectivity index (χ2v) is 3.36. The summed E-state index contributed by atoms with van der Waals surface area (Å²) in [5.74, 6) is 0.632. The molecule has 1 atom stereocenters. The molecule has 0 saturated carbocycles. The number of ether oxygens (including phenoxy) is 1. The highest BCUT2D eigenvalue weighted by Crippen LogP contribution is 2.28. The first-order valence-electron chi connectivity index (χ1n) is 4.72. The van der Waals surface area contributed by atoms with Crippen molar-refractivity contribution in [3.63, 3.8) is 0 Å². The molecule has 2 nitrogen and oxygen atoms in total. The van der Waals surface area contributed by atoms with Gasteiger partial charge in [0.1, 0.15) is 11.6 Å². The highest BCUT2D eigenvalue weighted by Gasteiger charge is 2.11. The third-order valence-electron chi connectivity index (χ3n) is 2.33. The van der Waals surface area contributed by atoms with Crippen LogP contribution in [-0.2, 0) is 0 Å². The van der Waals surface area contributed by atoms with Crippen LogP contribution in [0.15, 0.2) is 18.2 Å². The lowest BCUT2D eigenvalue weighted by molar-refractivity contribution is 0.402. The topological polar surface area (TPSA) is 35.2 Å². The van der Waals surface area contributed by atoms with E-state index in [4.69, 9.17) is 10.5 Å². The Morgan fingerprint density at radius 1 is 1.50 bits per heavy atom. The predicted molar refractivity (Wildman–Crippen MR) is 55.0 cm³/mol. The normalized spacial score (nSPS) is 12.6. The average molecular weight is 197 g/mol. The van der Waals surface area contributed by atoms with Gasteiger partial charge in [-0.05, 0) is 30.5 Å². The molecule has 0 amide bonds. The first-order valence-corrected chi connectivity index (χ1v) is 4.72. The third-order valence-corrected chi connectivity index (χ3v) is 2.33. The monoisotopic (exact) mass is 197 g/mol. The van der Waals surface area contributed by atoms with E-state index in [9.17, 15) is 4.39 Å². The fourth-order valence-electron chi connectivity index (χ4n) is 1.50. The first-order chi connectivity index (χ1) is 6.69. The van der Waals surface area contributed by atoms with Crippen molar-refractivity contribution in [1.82, 2.24) is 0 Å². The molecule has 3 heteroatoms. The standard InChI is InChI=1S/C11H16FNO/c1-8(5-6-13)10-4-3-9(12)7-11(10)14-2/h3-4,7-8H,5-6,13H2,1-2H3. The Bertz CT molecular complexity index is 301. The first kappa shape index (κ1) is 11.0. The van der Waals surface area contributed by atoms with E-state index >= 15 is 0 Å².